The molecular weight excluding hydrogens is 458 g/mol. The number of likely N-dealkylation sites (N-methyl/N-ethyl adjacent to an activating group) is 1. The highest BCUT2D eigenvalue weighted by Crippen LogP contribution is 2.27. The highest BCUT2D eigenvalue weighted by molar-refractivity contribution is 6.21. The van der Waals surface area contributed by atoms with Crippen LogP contribution >= 0.6 is 0 Å². The van der Waals surface area contributed by atoms with Crippen molar-refractivity contribution in [1.29, 1.82) is 0 Å². The van der Waals surface area contributed by atoms with E-state index in [0.29, 0.717) is 28.1 Å². The Morgan fingerprint density at radius 1 is 0.944 bits per heavy atom. The molecule has 0 saturated carbocycles. The van der Waals surface area contributed by atoms with Crippen LogP contribution in [0.3, 0.4) is 0 Å². The minimum Gasteiger partial charge on any atom is -0.496 e. The molecule has 0 spiro atoms. The normalized spacial score (nSPS) is 12.4. The number of hydrogen-bond donors (Lipinski definition) is 1. The van der Waals surface area contributed by atoms with Crippen LogP contribution in [0.5, 0.6) is 5.75 Å². The van der Waals surface area contributed by atoms with Crippen LogP contribution in [0, 0.1) is 13.8 Å². The lowest BCUT2D eigenvalue weighted by molar-refractivity contribution is -0.116. The van der Waals surface area contributed by atoms with E-state index in [0.717, 1.165) is 16.0 Å². The van der Waals surface area contributed by atoms with Crippen LogP contribution in [0.4, 0.5) is 5.69 Å². The Bertz CT molecular complexity index is 1350. The number of amides is 4. The predicted octanol–water partition coefficient (Wildman–Crippen LogP) is 3.82. The fourth-order valence-electron chi connectivity index (χ4n) is 4.14. The maximum Gasteiger partial charge on any atom is 0.261 e. The molecule has 3 aromatic rings. The summed E-state index contributed by atoms with van der Waals surface area (Å²) in [6, 6.07) is 17.3. The Labute approximate surface area is 209 Å². The van der Waals surface area contributed by atoms with Gasteiger partial charge >= 0.3 is 0 Å². The van der Waals surface area contributed by atoms with Gasteiger partial charge in [-0.2, -0.15) is 0 Å². The predicted molar refractivity (Wildman–Crippen MR) is 135 cm³/mol. The summed E-state index contributed by atoms with van der Waals surface area (Å²) < 4.78 is 5.37. The van der Waals surface area contributed by atoms with Gasteiger partial charge in [0.25, 0.3) is 17.7 Å². The van der Waals surface area contributed by atoms with Gasteiger partial charge in [0.2, 0.25) is 5.91 Å². The van der Waals surface area contributed by atoms with Gasteiger partial charge in [0.05, 0.1) is 36.9 Å². The number of carbonyl (C=O) groups excluding carboxylic acids is 4. The smallest absolute Gasteiger partial charge is 0.261 e. The van der Waals surface area contributed by atoms with Gasteiger partial charge in [0.15, 0.2) is 0 Å². The first-order chi connectivity index (χ1) is 17.2. The highest BCUT2D eigenvalue weighted by Gasteiger charge is 2.35. The number of fused-ring (bicyclic) bond motifs is 1. The summed E-state index contributed by atoms with van der Waals surface area (Å²) in [5.41, 5.74) is 4.17. The number of ether oxygens (including phenoxy) is 1. The molecule has 0 fully saturated rings. The van der Waals surface area contributed by atoms with Gasteiger partial charge < -0.3 is 15.0 Å². The molecule has 0 unspecified atom stereocenters. The molecule has 0 atom stereocenters. The summed E-state index contributed by atoms with van der Waals surface area (Å²) in [5, 5.41) is 2.85. The lowest BCUT2D eigenvalue weighted by atomic mass is 10.1. The quantitative estimate of drug-likeness (QED) is 0.514. The standard InChI is InChI=1S/C28H27N3O5/c1-17-9-10-18(2)23(13-17)29-25(32)16-30(3)26(33)22-14-19(11-12-24(22)36-4)15-31-27(34)20-7-5-6-8-21(20)28(31)35/h5-14H,15-16H2,1-4H3,(H,29,32). The average molecular weight is 486 g/mol. The average Bonchev–Trinajstić information content (AvgIpc) is 3.10. The van der Waals surface area contributed by atoms with Crippen molar-refractivity contribution in [3.8, 4) is 5.75 Å². The third-order valence-corrected chi connectivity index (χ3v) is 6.11. The number of methoxy groups -OCH3 is 1. The molecule has 0 saturated heterocycles. The summed E-state index contributed by atoms with van der Waals surface area (Å²) in [6.45, 7) is 3.67. The summed E-state index contributed by atoms with van der Waals surface area (Å²) in [7, 11) is 2.98. The van der Waals surface area contributed by atoms with Crippen molar-refractivity contribution < 1.29 is 23.9 Å². The number of benzene rings is 3. The summed E-state index contributed by atoms with van der Waals surface area (Å²) >= 11 is 0. The van der Waals surface area contributed by atoms with E-state index in [1.54, 1.807) is 42.5 Å². The molecule has 0 bridgehead atoms. The van der Waals surface area contributed by atoms with Crippen LogP contribution in [-0.2, 0) is 11.3 Å². The largest absolute Gasteiger partial charge is 0.496 e. The zero-order valence-electron chi connectivity index (χ0n) is 20.6. The molecule has 184 valence electrons. The van der Waals surface area contributed by atoms with Gasteiger partial charge in [0, 0.05) is 12.7 Å². The third kappa shape index (κ3) is 4.84. The molecule has 0 aromatic heterocycles. The van der Waals surface area contributed by atoms with Crippen LogP contribution in [0.2, 0.25) is 0 Å². The zero-order valence-corrected chi connectivity index (χ0v) is 20.6. The van der Waals surface area contributed by atoms with Crippen LogP contribution in [0.1, 0.15) is 47.8 Å². The van der Waals surface area contributed by atoms with Gasteiger partial charge in [-0.25, -0.2) is 0 Å². The molecule has 1 N–H and O–H groups in total. The molecule has 4 rings (SSSR count). The van der Waals surface area contributed by atoms with Crippen molar-refractivity contribution in [3.05, 3.63) is 94.0 Å². The molecule has 0 aliphatic carbocycles. The molecule has 1 aliphatic rings. The number of carbonyl (C=O) groups is 4. The second-order valence-electron chi connectivity index (χ2n) is 8.80. The Hall–Kier alpha value is -4.46. The SMILES string of the molecule is COc1ccc(CN2C(=O)c3ccccc3C2=O)cc1C(=O)N(C)CC(=O)Nc1cc(C)ccc1C. The van der Waals surface area contributed by atoms with Crippen molar-refractivity contribution in [2.45, 2.75) is 20.4 Å². The molecular formula is C28H27N3O5. The van der Waals surface area contributed by atoms with E-state index >= 15 is 0 Å². The molecule has 36 heavy (non-hydrogen) atoms. The van der Waals surface area contributed by atoms with Gasteiger partial charge in [-0.1, -0.05) is 30.3 Å². The van der Waals surface area contributed by atoms with Crippen molar-refractivity contribution in [1.82, 2.24) is 9.80 Å². The van der Waals surface area contributed by atoms with Gasteiger partial charge in [-0.3, -0.25) is 24.1 Å². The number of rotatable bonds is 7. The van der Waals surface area contributed by atoms with Crippen molar-refractivity contribution in [2.75, 3.05) is 26.0 Å². The number of hydrogen-bond acceptors (Lipinski definition) is 5. The monoisotopic (exact) mass is 485 g/mol. The van der Waals surface area contributed by atoms with E-state index in [2.05, 4.69) is 5.32 Å². The maximum absolute atomic E-state index is 13.2. The van der Waals surface area contributed by atoms with Crippen LogP contribution < -0.4 is 10.1 Å². The summed E-state index contributed by atoms with van der Waals surface area (Å²) in [6.07, 6.45) is 0. The Balaban J connectivity index is 1.50. The molecule has 8 heteroatoms. The van der Waals surface area contributed by atoms with E-state index in [9.17, 15) is 19.2 Å². The molecule has 4 amide bonds. The van der Waals surface area contributed by atoms with Crippen LogP contribution in [-0.4, -0.2) is 54.1 Å². The molecule has 3 aromatic carbocycles. The Morgan fingerprint density at radius 3 is 2.25 bits per heavy atom. The fourth-order valence-corrected chi connectivity index (χ4v) is 4.14. The number of aryl methyl sites for hydroxylation is 2. The van der Waals surface area contributed by atoms with Gasteiger partial charge in [-0.15, -0.1) is 0 Å². The Morgan fingerprint density at radius 2 is 1.61 bits per heavy atom. The van der Waals surface area contributed by atoms with E-state index in [4.69, 9.17) is 4.74 Å². The van der Waals surface area contributed by atoms with E-state index < -0.39 is 5.91 Å². The van der Waals surface area contributed by atoms with E-state index in [1.807, 2.05) is 32.0 Å². The van der Waals surface area contributed by atoms with E-state index in [-0.39, 0.29) is 36.4 Å². The molecule has 0 radical (unpaired) electrons. The minimum absolute atomic E-state index is 0.00740. The second kappa shape index (κ2) is 10.0. The first kappa shape index (κ1) is 24.7. The molecule has 1 heterocycles. The first-order valence-electron chi connectivity index (χ1n) is 11.4. The maximum atomic E-state index is 13.2. The topological polar surface area (TPSA) is 96.0 Å². The van der Waals surface area contributed by atoms with Crippen molar-refractivity contribution in [3.63, 3.8) is 0 Å². The number of nitrogens with one attached hydrogen (secondary N) is 1. The third-order valence-electron chi connectivity index (χ3n) is 6.11. The van der Waals surface area contributed by atoms with E-state index in [1.165, 1.54) is 19.1 Å². The number of nitrogens with zero attached hydrogens (tertiary/aromatic N) is 2. The first-order valence-corrected chi connectivity index (χ1v) is 11.4. The minimum atomic E-state index is -0.424. The summed E-state index contributed by atoms with van der Waals surface area (Å²) in [5.74, 6) is -1.18. The van der Waals surface area contributed by atoms with Crippen LogP contribution in [0.15, 0.2) is 60.7 Å². The highest BCUT2D eigenvalue weighted by atomic mass is 16.5. The van der Waals surface area contributed by atoms with Crippen molar-refractivity contribution >= 4 is 29.3 Å². The zero-order chi connectivity index (χ0) is 26.0. The molecule has 1 aliphatic heterocycles. The second-order valence-corrected chi connectivity index (χ2v) is 8.80. The molecule has 8 nitrogen and oxygen atoms in total. The Kier molecular flexibility index (Phi) is 6.87. The number of anilines is 1. The van der Waals surface area contributed by atoms with Gasteiger partial charge in [-0.05, 0) is 60.9 Å². The lowest BCUT2D eigenvalue weighted by Crippen LogP contribution is -2.35. The number of imide groups is 1. The van der Waals surface area contributed by atoms with Crippen LogP contribution in [0.25, 0.3) is 0 Å². The van der Waals surface area contributed by atoms with Crippen molar-refractivity contribution in [2.24, 2.45) is 0 Å². The van der Waals surface area contributed by atoms with Gasteiger partial charge in [0.1, 0.15) is 5.75 Å². The summed E-state index contributed by atoms with van der Waals surface area (Å²) in [4.78, 5) is 53.8. The lowest BCUT2D eigenvalue weighted by Gasteiger charge is -2.20. The fraction of sp³-hybridized carbons (Fsp3) is 0.214.